The van der Waals surface area contributed by atoms with Gasteiger partial charge in [-0.1, -0.05) is 38.5 Å². The maximum Gasteiger partial charge on any atom is 0.231 e. The molecule has 2 saturated carbocycles. The first-order chi connectivity index (χ1) is 9.28. The van der Waals surface area contributed by atoms with Crippen molar-refractivity contribution < 1.29 is 9.59 Å². The van der Waals surface area contributed by atoms with E-state index < -0.39 is 0 Å². The van der Waals surface area contributed by atoms with Crippen molar-refractivity contribution >= 4 is 12.2 Å². The van der Waals surface area contributed by atoms with Gasteiger partial charge in [-0.05, 0) is 25.7 Å². The number of isocyanates is 2. The monoisotopic (exact) mass is 267 g/mol. The fourth-order valence-electron chi connectivity index (χ4n) is 2.87. The molecule has 19 heavy (non-hydrogen) atoms. The van der Waals surface area contributed by atoms with Crippen molar-refractivity contribution in [2.75, 3.05) is 0 Å². The molecule has 0 heterocycles. The molecule has 5 heteroatoms. The first-order valence-corrected chi connectivity index (χ1v) is 7.12. The summed E-state index contributed by atoms with van der Waals surface area (Å²) in [6.45, 7) is 0. The third-order valence-corrected chi connectivity index (χ3v) is 3.68. The summed E-state index contributed by atoms with van der Waals surface area (Å²) in [5.74, 6) is 0. The Kier molecular flexibility index (Phi) is 12.3. The van der Waals surface area contributed by atoms with E-state index >= 15 is 0 Å². The first-order valence-electron chi connectivity index (χ1n) is 7.12. The predicted molar refractivity (Wildman–Crippen MR) is 73.7 cm³/mol. The standard InChI is InChI=1S/C12H23N.2CHNO/c1-3-7-11(8-4-1)13-12-9-5-2-6-10-12;2*2-1-3/h11-13H,1-10H2;2*2H. The smallest absolute Gasteiger partial charge is 0.231 e. The molecule has 0 aromatic heterocycles. The molecule has 3 N–H and O–H groups in total. The van der Waals surface area contributed by atoms with Crippen molar-refractivity contribution in [1.82, 2.24) is 5.32 Å². The lowest BCUT2D eigenvalue weighted by Crippen LogP contribution is -2.40. The molecule has 0 bridgehead atoms. The lowest BCUT2D eigenvalue weighted by molar-refractivity contribution is 0.291. The first kappa shape index (κ1) is 17.7. The second-order valence-corrected chi connectivity index (χ2v) is 5.04. The molecule has 0 saturated heterocycles. The molecule has 0 atom stereocenters. The van der Waals surface area contributed by atoms with Gasteiger partial charge in [-0.3, -0.25) is 0 Å². The van der Waals surface area contributed by atoms with Crippen molar-refractivity contribution in [2.45, 2.75) is 76.3 Å². The van der Waals surface area contributed by atoms with Crippen LogP contribution in [0.1, 0.15) is 64.2 Å². The number of nitrogens with one attached hydrogen (secondary N) is 3. The molecule has 2 fully saturated rings. The van der Waals surface area contributed by atoms with Crippen molar-refractivity contribution in [3.63, 3.8) is 0 Å². The van der Waals surface area contributed by atoms with E-state index in [4.69, 9.17) is 20.4 Å². The Labute approximate surface area is 115 Å². The van der Waals surface area contributed by atoms with Crippen LogP contribution in [0.15, 0.2) is 0 Å². The van der Waals surface area contributed by atoms with Gasteiger partial charge in [0.15, 0.2) is 0 Å². The van der Waals surface area contributed by atoms with Crippen molar-refractivity contribution in [1.29, 1.82) is 10.8 Å². The summed E-state index contributed by atoms with van der Waals surface area (Å²) in [4.78, 5) is 16.7. The summed E-state index contributed by atoms with van der Waals surface area (Å²) in [6, 6.07) is 1.74. The maximum atomic E-state index is 8.35. The molecule has 0 radical (unpaired) electrons. The van der Waals surface area contributed by atoms with Crippen molar-refractivity contribution in [2.24, 2.45) is 0 Å². The Balaban J connectivity index is 0.000000465. The highest BCUT2D eigenvalue weighted by Crippen LogP contribution is 2.22. The Morgan fingerprint density at radius 3 is 1.21 bits per heavy atom. The molecule has 0 unspecified atom stereocenters. The van der Waals surface area contributed by atoms with Gasteiger partial charge in [-0.15, -0.1) is 0 Å². The zero-order chi connectivity index (χ0) is 14.3. The third kappa shape index (κ3) is 10.3. The van der Waals surface area contributed by atoms with Gasteiger partial charge in [0, 0.05) is 12.1 Å². The second-order valence-electron chi connectivity index (χ2n) is 5.04. The molecule has 0 spiro atoms. The van der Waals surface area contributed by atoms with Crippen molar-refractivity contribution in [3.05, 3.63) is 0 Å². The fourth-order valence-corrected chi connectivity index (χ4v) is 2.87. The van der Waals surface area contributed by atoms with Crippen LogP contribution in [-0.4, -0.2) is 24.2 Å². The zero-order valence-electron chi connectivity index (χ0n) is 11.5. The summed E-state index contributed by atoms with van der Waals surface area (Å²) >= 11 is 0. The van der Waals surface area contributed by atoms with Gasteiger partial charge in [0.1, 0.15) is 0 Å². The largest absolute Gasteiger partial charge is 0.311 e. The number of rotatable bonds is 2. The molecular formula is C14H25N3O2. The minimum atomic E-state index is 0.750. The minimum absolute atomic E-state index is 0.750. The lowest BCUT2D eigenvalue weighted by Gasteiger charge is -2.30. The summed E-state index contributed by atoms with van der Waals surface area (Å²) in [6.07, 6.45) is 16.1. The van der Waals surface area contributed by atoms with Crippen LogP contribution < -0.4 is 5.32 Å². The summed E-state index contributed by atoms with van der Waals surface area (Å²) in [5, 5.41) is 14.7. The summed E-state index contributed by atoms with van der Waals surface area (Å²) < 4.78 is 0. The molecule has 0 aliphatic heterocycles. The van der Waals surface area contributed by atoms with Gasteiger partial charge in [0.2, 0.25) is 12.2 Å². The van der Waals surface area contributed by atoms with Crippen LogP contribution in [0, 0.1) is 10.8 Å². The van der Waals surface area contributed by atoms with Gasteiger partial charge in [-0.25, -0.2) is 20.4 Å². The van der Waals surface area contributed by atoms with Crippen LogP contribution in [-0.2, 0) is 9.59 Å². The van der Waals surface area contributed by atoms with Crippen molar-refractivity contribution in [3.8, 4) is 0 Å². The molecule has 2 aliphatic rings. The molecule has 108 valence electrons. The summed E-state index contributed by atoms with van der Waals surface area (Å²) in [5.41, 5.74) is 0. The van der Waals surface area contributed by atoms with E-state index in [-0.39, 0.29) is 0 Å². The Morgan fingerprint density at radius 1 is 0.684 bits per heavy atom. The van der Waals surface area contributed by atoms with E-state index in [1.165, 1.54) is 64.2 Å². The van der Waals surface area contributed by atoms with E-state index in [0.29, 0.717) is 0 Å². The van der Waals surface area contributed by atoms with Gasteiger partial charge in [0.05, 0.1) is 0 Å². The highest BCUT2D eigenvalue weighted by Gasteiger charge is 2.19. The molecule has 0 amide bonds. The molecule has 0 aromatic rings. The van der Waals surface area contributed by atoms with E-state index in [0.717, 1.165) is 24.2 Å². The Bertz CT molecular complexity index is 242. The Hall–Kier alpha value is -1.28. The average molecular weight is 267 g/mol. The van der Waals surface area contributed by atoms with E-state index in [1.54, 1.807) is 0 Å². The SMILES string of the molecule is C1CCC(NC2CCCCC2)CC1.N=C=O.N=C=O. The van der Waals surface area contributed by atoms with Gasteiger partial charge in [0.25, 0.3) is 0 Å². The van der Waals surface area contributed by atoms with Crippen LogP contribution in [0.4, 0.5) is 0 Å². The van der Waals surface area contributed by atoms with Crippen LogP contribution in [0.2, 0.25) is 0 Å². The van der Waals surface area contributed by atoms with Gasteiger partial charge >= 0.3 is 0 Å². The summed E-state index contributed by atoms with van der Waals surface area (Å²) in [7, 11) is 0. The predicted octanol–water partition coefficient (Wildman–Crippen LogP) is 3.04. The van der Waals surface area contributed by atoms with Crippen LogP contribution in [0.3, 0.4) is 0 Å². The molecule has 5 nitrogen and oxygen atoms in total. The maximum absolute atomic E-state index is 8.35. The number of carbonyl (C=O) groups excluding carboxylic acids is 2. The van der Waals surface area contributed by atoms with E-state index in [9.17, 15) is 0 Å². The van der Waals surface area contributed by atoms with Gasteiger partial charge in [-0.2, -0.15) is 0 Å². The highest BCUT2D eigenvalue weighted by molar-refractivity contribution is 5.26. The lowest BCUT2D eigenvalue weighted by atomic mass is 9.91. The van der Waals surface area contributed by atoms with Gasteiger partial charge < -0.3 is 5.32 Å². The van der Waals surface area contributed by atoms with Crippen LogP contribution in [0.25, 0.3) is 0 Å². The Morgan fingerprint density at radius 2 is 0.947 bits per heavy atom. The number of hydrogen-bond donors (Lipinski definition) is 3. The van der Waals surface area contributed by atoms with Crippen LogP contribution in [0.5, 0.6) is 0 Å². The highest BCUT2D eigenvalue weighted by atomic mass is 16.1. The molecule has 2 aliphatic carbocycles. The van der Waals surface area contributed by atoms with E-state index in [1.807, 2.05) is 0 Å². The minimum Gasteiger partial charge on any atom is -0.311 e. The molecule has 0 aromatic carbocycles. The van der Waals surface area contributed by atoms with E-state index in [2.05, 4.69) is 5.32 Å². The molecule has 2 rings (SSSR count). The van der Waals surface area contributed by atoms with Crippen LogP contribution >= 0.6 is 0 Å². The zero-order valence-corrected chi connectivity index (χ0v) is 11.5. The second kappa shape index (κ2) is 13.2. The topological polar surface area (TPSA) is 93.9 Å². The average Bonchev–Trinajstić information content (AvgIpc) is 2.43. The third-order valence-electron chi connectivity index (χ3n) is 3.68. The normalized spacial score (nSPS) is 19.8. The number of hydrogen-bond acceptors (Lipinski definition) is 5. The quantitative estimate of drug-likeness (QED) is 0.530. The fraction of sp³-hybridized carbons (Fsp3) is 0.857. The molecular weight excluding hydrogens is 242 g/mol.